The molecular formula is C28H30N4O3S. The highest BCUT2D eigenvalue weighted by atomic mass is 32.2. The zero-order valence-electron chi connectivity index (χ0n) is 20.8. The number of thioether (sulfide) groups is 1. The van der Waals surface area contributed by atoms with Gasteiger partial charge in [0, 0.05) is 11.4 Å². The Bertz CT molecular complexity index is 1290. The van der Waals surface area contributed by atoms with E-state index in [2.05, 4.69) is 29.4 Å². The van der Waals surface area contributed by atoms with Gasteiger partial charge in [-0.1, -0.05) is 68.1 Å². The Kier molecular flexibility index (Phi) is 8.28. The van der Waals surface area contributed by atoms with Crippen molar-refractivity contribution >= 4 is 23.4 Å². The average molecular weight is 503 g/mol. The molecule has 0 spiro atoms. The van der Waals surface area contributed by atoms with Crippen LogP contribution in [0.25, 0.3) is 5.69 Å². The van der Waals surface area contributed by atoms with Gasteiger partial charge in [0.15, 0.2) is 28.6 Å². The number of carbonyl (C=O) groups excluding carboxylic acids is 1. The molecule has 0 aliphatic heterocycles. The van der Waals surface area contributed by atoms with Gasteiger partial charge in [0.05, 0.1) is 12.9 Å². The standard InChI is InChI=1S/C28H30N4O3S/c1-19(2)21-14-16-22(17-15-21)29-26(33)18-36-28-31-30-27(32(28)23-10-6-5-7-11-23)20(3)35-25-13-9-8-12-24(25)34-4/h5-17,19-20H,18H2,1-4H3,(H,29,33). The fraction of sp³-hybridized carbons (Fsp3) is 0.250. The van der Waals surface area contributed by atoms with Crippen molar-refractivity contribution < 1.29 is 14.3 Å². The molecule has 0 aliphatic carbocycles. The Morgan fingerprint density at radius 1 is 0.917 bits per heavy atom. The second kappa shape index (κ2) is 11.8. The predicted molar refractivity (Wildman–Crippen MR) is 143 cm³/mol. The Labute approximate surface area is 215 Å². The lowest BCUT2D eigenvalue weighted by atomic mass is 10.0. The molecule has 0 bridgehead atoms. The number of methoxy groups -OCH3 is 1. The summed E-state index contributed by atoms with van der Waals surface area (Å²) in [4.78, 5) is 12.7. The quantitative estimate of drug-likeness (QED) is 0.258. The number of para-hydroxylation sites is 3. The fourth-order valence-corrected chi connectivity index (χ4v) is 4.45. The normalized spacial score (nSPS) is 11.8. The largest absolute Gasteiger partial charge is 0.493 e. The maximum atomic E-state index is 12.7. The lowest BCUT2D eigenvalue weighted by Crippen LogP contribution is -2.15. The summed E-state index contributed by atoms with van der Waals surface area (Å²) in [7, 11) is 1.61. The van der Waals surface area contributed by atoms with Gasteiger partial charge in [-0.2, -0.15) is 0 Å². The molecule has 0 fully saturated rings. The molecule has 4 aromatic rings. The first-order chi connectivity index (χ1) is 17.5. The zero-order chi connectivity index (χ0) is 25.5. The minimum atomic E-state index is -0.420. The van der Waals surface area contributed by atoms with E-state index in [0.29, 0.717) is 28.4 Å². The van der Waals surface area contributed by atoms with Crippen LogP contribution in [0.15, 0.2) is 84.0 Å². The van der Waals surface area contributed by atoms with Crippen LogP contribution in [0.1, 0.15) is 44.2 Å². The number of aromatic nitrogens is 3. The van der Waals surface area contributed by atoms with Crippen molar-refractivity contribution in [2.75, 3.05) is 18.2 Å². The number of hydrogen-bond donors (Lipinski definition) is 1. The number of carbonyl (C=O) groups is 1. The van der Waals surface area contributed by atoms with Crippen molar-refractivity contribution in [1.82, 2.24) is 14.8 Å². The van der Waals surface area contributed by atoms with Crippen LogP contribution in [-0.4, -0.2) is 33.5 Å². The Morgan fingerprint density at radius 2 is 1.58 bits per heavy atom. The monoisotopic (exact) mass is 502 g/mol. The molecule has 0 aliphatic rings. The third kappa shape index (κ3) is 6.07. The lowest BCUT2D eigenvalue weighted by Gasteiger charge is -2.18. The number of ether oxygens (including phenoxy) is 2. The zero-order valence-corrected chi connectivity index (χ0v) is 21.7. The second-order valence-electron chi connectivity index (χ2n) is 8.54. The molecule has 1 unspecified atom stereocenters. The van der Waals surface area contributed by atoms with Crippen molar-refractivity contribution in [1.29, 1.82) is 0 Å². The minimum Gasteiger partial charge on any atom is -0.493 e. The average Bonchev–Trinajstić information content (AvgIpc) is 3.33. The predicted octanol–water partition coefficient (Wildman–Crippen LogP) is 6.27. The van der Waals surface area contributed by atoms with Crippen molar-refractivity contribution in [2.45, 2.75) is 37.9 Å². The van der Waals surface area contributed by atoms with E-state index >= 15 is 0 Å². The van der Waals surface area contributed by atoms with Crippen LogP contribution >= 0.6 is 11.8 Å². The van der Waals surface area contributed by atoms with Gasteiger partial charge < -0.3 is 14.8 Å². The van der Waals surface area contributed by atoms with Crippen LogP contribution in [-0.2, 0) is 4.79 Å². The van der Waals surface area contributed by atoms with Gasteiger partial charge in [-0.25, -0.2) is 0 Å². The summed E-state index contributed by atoms with van der Waals surface area (Å²) in [5, 5.41) is 12.4. The third-order valence-corrected chi connectivity index (χ3v) is 6.53. The van der Waals surface area contributed by atoms with Gasteiger partial charge in [0.1, 0.15) is 0 Å². The number of nitrogens with one attached hydrogen (secondary N) is 1. The lowest BCUT2D eigenvalue weighted by molar-refractivity contribution is -0.113. The topological polar surface area (TPSA) is 78.3 Å². The van der Waals surface area contributed by atoms with Crippen LogP contribution in [0.3, 0.4) is 0 Å². The van der Waals surface area contributed by atoms with E-state index in [-0.39, 0.29) is 11.7 Å². The van der Waals surface area contributed by atoms with E-state index in [1.807, 2.05) is 90.4 Å². The SMILES string of the molecule is COc1ccccc1OC(C)c1nnc(SCC(=O)Nc2ccc(C(C)C)cc2)n1-c1ccccc1. The number of anilines is 1. The molecule has 0 radical (unpaired) electrons. The fourth-order valence-electron chi connectivity index (χ4n) is 3.70. The van der Waals surface area contributed by atoms with Crippen molar-refractivity contribution in [3.63, 3.8) is 0 Å². The molecule has 1 aromatic heterocycles. The summed E-state index contributed by atoms with van der Waals surface area (Å²) < 4.78 is 13.5. The van der Waals surface area contributed by atoms with E-state index in [1.54, 1.807) is 7.11 Å². The smallest absolute Gasteiger partial charge is 0.234 e. The van der Waals surface area contributed by atoms with Crippen LogP contribution in [0.4, 0.5) is 5.69 Å². The second-order valence-corrected chi connectivity index (χ2v) is 9.48. The Hall–Kier alpha value is -3.78. The summed E-state index contributed by atoms with van der Waals surface area (Å²) in [6.45, 7) is 6.20. The van der Waals surface area contributed by atoms with Gasteiger partial charge >= 0.3 is 0 Å². The van der Waals surface area contributed by atoms with Crippen LogP contribution in [0.2, 0.25) is 0 Å². The first kappa shape index (κ1) is 25.3. The van der Waals surface area contributed by atoms with E-state index in [9.17, 15) is 4.79 Å². The van der Waals surface area contributed by atoms with Crippen LogP contribution < -0.4 is 14.8 Å². The van der Waals surface area contributed by atoms with Crippen molar-refractivity contribution in [3.8, 4) is 17.2 Å². The molecular weight excluding hydrogens is 472 g/mol. The molecule has 1 N–H and O–H groups in total. The highest BCUT2D eigenvalue weighted by Gasteiger charge is 2.22. The summed E-state index contributed by atoms with van der Waals surface area (Å²) in [6.07, 6.45) is -0.420. The highest BCUT2D eigenvalue weighted by molar-refractivity contribution is 7.99. The molecule has 4 rings (SSSR count). The first-order valence-corrected chi connectivity index (χ1v) is 12.8. The highest BCUT2D eigenvalue weighted by Crippen LogP contribution is 2.32. The maximum absolute atomic E-state index is 12.7. The van der Waals surface area contributed by atoms with E-state index in [1.165, 1.54) is 17.3 Å². The van der Waals surface area contributed by atoms with Gasteiger partial charge in [-0.15, -0.1) is 10.2 Å². The molecule has 1 amide bonds. The number of hydrogen-bond acceptors (Lipinski definition) is 6. The first-order valence-electron chi connectivity index (χ1n) is 11.8. The Morgan fingerprint density at radius 3 is 2.25 bits per heavy atom. The van der Waals surface area contributed by atoms with Gasteiger partial charge in [0.2, 0.25) is 5.91 Å². The van der Waals surface area contributed by atoms with E-state index in [4.69, 9.17) is 9.47 Å². The molecule has 186 valence electrons. The molecule has 1 atom stereocenters. The Balaban J connectivity index is 1.51. The molecule has 3 aromatic carbocycles. The van der Waals surface area contributed by atoms with Crippen molar-refractivity contribution in [3.05, 3.63) is 90.3 Å². The molecule has 0 saturated carbocycles. The van der Waals surface area contributed by atoms with Crippen molar-refractivity contribution in [2.24, 2.45) is 0 Å². The van der Waals surface area contributed by atoms with E-state index < -0.39 is 6.10 Å². The van der Waals surface area contributed by atoms with E-state index in [0.717, 1.165) is 11.4 Å². The number of nitrogens with zero attached hydrogens (tertiary/aromatic N) is 3. The molecule has 36 heavy (non-hydrogen) atoms. The summed E-state index contributed by atoms with van der Waals surface area (Å²) >= 11 is 1.33. The molecule has 1 heterocycles. The van der Waals surface area contributed by atoms with Gasteiger partial charge in [-0.3, -0.25) is 9.36 Å². The minimum absolute atomic E-state index is 0.111. The molecule has 8 heteroatoms. The van der Waals surface area contributed by atoms with Gasteiger partial charge in [0.25, 0.3) is 0 Å². The number of benzene rings is 3. The van der Waals surface area contributed by atoms with Crippen LogP contribution in [0, 0.1) is 0 Å². The number of rotatable bonds is 10. The summed E-state index contributed by atoms with van der Waals surface area (Å²) in [5.41, 5.74) is 2.89. The maximum Gasteiger partial charge on any atom is 0.234 e. The summed E-state index contributed by atoms with van der Waals surface area (Å²) in [6, 6.07) is 25.2. The molecule has 0 saturated heterocycles. The third-order valence-electron chi connectivity index (χ3n) is 5.60. The van der Waals surface area contributed by atoms with Crippen LogP contribution in [0.5, 0.6) is 11.5 Å². The molecule has 7 nitrogen and oxygen atoms in total. The summed E-state index contributed by atoms with van der Waals surface area (Å²) in [5.74, 6) is 2.41. The number of amides is 1. The van der Waals surface area contributed by atoms with Gasteiger partial charge in [-0.05, 0) is 54.8 Å².